The van der Waals surface area contributed by atoms with Gasteiger partial charge in [0.15, 0.2) is 0 Å². The van der Waals surface area contributed by atoms with Gasteiger partial charge in [0.05, 0.1) is 7.11 Å². The van der Waals surface area contributed by atoms with Crippen molar-refractivity contribution in [3.8, 4) is 5.75 Å². The van der Waals surface area contributed by atoms with E-state index in [9.17, 15) is 0 Å². The first-order valence-corrected chi connectivity index (χ1v) is 6.69. The molecule has 0 amide bonds. The molecule has 1 aliphatic heterocycles. The van der Waals surface area contributed by atoms with E-state index in [2.05, 4.69) is 41.7 Å². The zero-order chi connectivity index (χ0) is 12.4. The first-order valence-electron chi connectivity index (χ1n) is 6.69. The zero-order valence-electron chi connectivity index (χ0n) is 11.2. The standard InChI is InChI=1S/C16H19NO.ClH/c1-18-16-10-9-13(15-8-4-5-11-17-15)12-6-2-3-7-14(12)16;/h2-3,6-7,9-10,15,17H,4-5,8,11H2,1H3;1H/t15-;/m1./s1. The van der Waals surface area contributed by atoms with Crippen LogP contribution >= 0.6 is 12.4 Å². The lowest BCUT2D eigenvalue weighted by Gasteiger charge is -2.25. The predicted molar refractivity (Wildman–Crippen MR) is 82.3 cm³/mol. The summed E-state index contributed by atoms with van der Waals surface area (Å²) >= 11 is 0. The number of hydrogen-bond acceptors (Lipinski definition) is 2. The molecule has 2 nitrogen and oxygen atoms in total. The Morgan fingerprint density at radius 3 is 2.53 bits per heavy atom. The lowest BCUT2D eigenvalue weighted by Crippen LogP contribution is -2.26. The van der Waals surface area contributed by atoms with Gasteiger partial charge in [0.25, 0.3) is 0 Å². The Kier molecular flexibility index (Phi) is 4.67. The molecular weight excluding hydrogens is 258 g/mol. The fraction of sp³-hybridized carbons (Fsp3) is 0.375. The third kappa shape index (κ3) is 2.70. The predicted octanol–water partition coefficient (Wildman–Crippen LogP) is 4.08. The minimum atomic E-state index is 0. The van der Waals surface area contributed by atoms with E-state index in [4.69, 9.17) is 4.74 Å². The number of nitrogens with one attached hydrogen (secondary N) is 1. The number of halogens is 1. The molecule has 0 unspecified atom stereocenters. The monoisotopic (exact) mass is 277 g/mol. The highest BCUT2D eigenvalue weighted by molar-refractivity contribution is 5.91. The lowest BCUT2D eigenvalue weighted by molar-refractivity contribution is 0.410. The summed E-state index contributed by atoms with van der Waals surface area (Å²) in [6, 6.07) is 13.3. The number of fused-ring (bicyclic) bond motifs is 1. The largest absolute Gasteiger partial charge is 0.496 e. The molecule has 3 rings (SSSR count). The molecule has 3 heteroatoms. The molecule has 2 aromatic rings. The van der Waals surface area contributed by atoms with Gasteiger partial charge in [-0.05, 0) is 36.4 Å². The Morgan fingerprint density at radius 2 is 1.84 bits per heavy atom. The second kappa shape index (κ2) is 6.27. The molecule has 1 aliphatic rings. The number of ether oxygens (including phenoxy) is 1. The molecule has 2 aromatic carbocycles. The van der Waals surface area contributed by atoms with Gasteiger partial charge in [0.1, 0.15) is 5.75 Å². The van der Waals surface area contributed by atoms with Crippen molar-refractivity contribution in [1.29, 1.82) is 0 Å². The van der Waals surface area contributed by atoms with Crippen LogP contribution in [0.15, 0.2) is 36.4 Å². The summed E-state index contributed by atoms with van der Waals surface area (Å²) < 4.78 is 5.45. The second-order valence-electron chi connectivity index (χ2n) is 4.91. The van der Waals surface area contributed by atoms with Gasteiger partial charge >= 0.3 is 0 Å². The highest BCUT2D eigenvalue weighted by atomic mass is 35.5. The quantitative estimate of drug-likeness (QED) is 0.893. The Bertz CT molecular complexity index is 549. The molecule has 1 heterocycles. The summed E-state index contributed by atoms with van der Waals surface area (Å²) in [5, 5.41) is 6.15. The van der Waals surface area contributed by atoms with E-state index in [1.165, 1.54) is 35.6 Å². The maximum Gasteiger partial charge on any atom is 0.126 e. The highest BCUT2D eigenvalue weighted by Gasteiger charge is 2.17. The van der Waals surface area contributed by atoms with E-state index < -0.39 is 0 Å². The van der Waals surface area contributed by atoms with Crippen LogP contribution in [0.5, 0.6) is 5.75 Å². The molecule has 0 saturated carbocycles. The van der Waals surface area contributed by atoms with Crippen LogP contribution in [0, 0.1) is 0 Å². The molecule has 0 aliphatic carbocycles. The molecule has 0 aromatic heterocycles. The molecule has 1 atom stereocenters. The van der Waals surface area contributed by atoms with Gasteiger partial charge in [-0.3, -0.25) is 0 Å². The van der Waals surface area contributed by atoms with Gasteiger partial charge in [-0.2, -0.15) is 0 Å². The van der Waals surface area contributed by atoms with Gasteiger partial charge in [-0.1, -0.05) is 36.8 Å². The van der Waals surface area contributed by atoms with Crippen molar-refractivity contribution in [3.05, 3.63) is 42.0 Å². The van der Waals surface area contributed by atoms with E-state index in [0.29, 0.717) is 6.04 Å². The Labute approximate surface area is 120 Å². The van der Waals surface area contributed by atoms with Gasteiger partial charge in [0.2, 0.25) is 0 Å². The van der Waals surface area contributed by atoms with Crippen molar-refractivity contribution in [2.75, 3.05) is 13.7 Å². The van der Waals surface area contributed by atoms with Gasteiger partial charge in [0, 0.05) is 11.4 Å². The summed E-state index contributed by atoms with van der Waals surface area (Å²) in [7, 11) is 1.74. The van der Waals surface area contributed by atoms with Gasteiger partial charge in [-0.15, -0.1) is 12.4 Å². The molecule has 1 N–H and O–H groups in total. The Balaban J connectivity index is 0.00000133. The first kappa shape index (κ1) is 14.2. The van der Waals surface area contributed by atoms with Crippen LogP contribution in [0.3, 0.4) is 0 Å². The molecule has 19 heavy (non-hydrogen) atoms. The number of piperidine rings is 1. The normalized spacial score (nSPS) is 18.9. The fourth-order valence-electron chi connectivity index (χ4n) is 2.89. The molecule has 1 fully saturated rings. The summed E-state index contributed by atoms with van der Waals surface area (Å²) in [6.45, 7) is 1.13. The number of benzene rings is 2. The molecule has 0 spiro atoms. The van der Waals surface area contributed by atoms with Crippen LogP contribution in [-0.4, -0.2) is 13.7 Å². The van der Waals surface area contributed by atoms with Crippen LogP contribution in [0.2, 0.25) is 0 Å². The Hall–Kier alpha value is -1.25. The van der Waals surface area contributed by atoms with Crippen LogP contribution in [0.1, 0.15) is 30.9 Å². The third-order valence-corrected chi connectivity index (χ3v) is 3.82. The Morgan fingerprint density at radius 1 is 1.05 bits per heavy atom. The molecule has 0 radical (unpaired) electrons. The van der Waals surface area contributed by atoms with Crippen molar-refractivity contribution in [2.24, 2.45) is 0 Å². The average Bonchev–Trinajstić information content (AvgIpc) is 2.47. The van der Waals surface area contributed by atoms with Crippen LogP contribution in [0.4, 0.5) is 0 Å². The van der Waals surface area contributed by atoms with Crippen molar-refractivity contribution >= 4 is 23.2 Å². The second-order valence-corrected chi connectivity index (χ2v) is 4.91. The van der Waals surface area contributed by atoms with E-state index >= 15 is 0 Å². The maximum atomic E-state index is 5.45. The average molecular weight is 278 g/mol. The molecule has 1 saturated heterocycles. The summed E-state index contributed by atoms with van der Waals surface area (Å²) in [5.41, 5.74) is 1.41. The topological polar surface area (TPSA) is 21.3 Å². The van der Waals surface area contributed by atoms with Crippen LogP contribution in [0.25, 0.3) is 10.8 Å². The molecule has 0 bridgehead atoms. The summed E-state index contributed by atoms with van der Waals surface area (Å²) in [6.07, 6.45) is 3.85. The van der Waals surface area contributed by atoms with Crippen molar-refractivity contribution in [1.82, 2.24) is 5.32 Å². The minimum Gasteiger partial charge on any atom is -0.496 e. The van der Waals surface area contributed by atoms with Crippen LogP contribution < -0.4 is 10.1 Å². The number of rotatable bonds is 2. The zero-order valence-corrected chi connectivity index (χ0v) is 12.0. The minimum absolute atomic E-state index is 0. The molecule has 102 valence electrons. The smallest absolute Gasteiger partial charge is 0.126 e. The highest BCUT2D eigenvalue weighted by Crippen LogP contribution is 2.34. The van der Waals surface area contributed by atoms with E-state index in [1.54, 1.807) is 7.11 Å². The first-order chi connectivity index (χ1) is 8.90. The summed E-state index contributed by atoms with van der Waals surface area (Å²) in [4.78, 5) is 0. The summed E-state index contributed by atoms with van der Waals surface area (Å²) in [5.74, 6) is 0.963. The maximum absolute atomic E-state index is 5.45. The van der Waals surface area contributed by atoms with E-state index in [-0.39, 0.29) is 12.4 Å². The fourth-order valence-corrected chi connectivity index (χ4v) is 2.89. The van der Waals surface area contributed by atoms with Crippen molar-refractivity contribution in [3.63, 3.8) is 0 Å². The van der Waals surface area contributed by atoms with Crippen LogP contribution in [-0.2, 0) is 0 Å². The lowest BCUT2D eigenvalue weighted by atomic mass is 9.93. The van der Waals surface area contributed by atoms with E-state index in [0.717, 1.165) is 12.3 Å². The number of hydrogen-bond donors (Lipinski definition) is 1. The van der Waals surface area contributed by atoms with E-state index in [1.807, 2.05) is 0 Å². The van der Waals surface area contributed by atoms with Crippen molar-refractivity contribution in [2.45, 2.75) is 25.3 Å². The SMILES string of the molecule is COc1ccc([C@H]2CCCCN2)c2ccccc12.Cl. The number of methoxy groups -OCH3 is 1. The third-order valence-electron chi connectivity index (χ3n) is 3.82. The van der Waals surface area contributed by atoms with Crippen molar-refractivity contribution < 1.29 is 4.74 Å². The molecular formula is C16H20ClNO. The van der Waals surface area contributed by atoms with Gasteiger partial charge in [-0.25, -0.2) is 0 Å². The van der Waals surface area contributed by atoms with Gasteiger partial charge < -0.3 is 10.1 Å².